The van der Waals surface area contributed by atoms with Crippen molar-refractivity contribution in [2.24, 2.45) is 0 Å². The van der Waals surface area contributed by atoms with Gasteiger partial charge in [0.05, 0.1) is 10.5 Å². The van der Waals surface area contributed by atoms with Gasteiger partial charge in [0.1, 0.15) is 5.75 Å². The summed E-state index contributed by atoms with van der Waals surface area (Å²) in [6, 6.07) is 11.8. The largest absolute Gasteiger partial charge is 0.478 e. The molecule has 10 heteroatoms. The van der Waals surface area contributed by atoms with Crippen molar-refractivity contribution in [3.8, 4) is 5.75 Å². The lowest BCUT2D eigenvalue weighted by molar-refractivity contribution is -0.146. The first kappa shape index (κ1) is 23.1. The van der Waals surface area contributed by atoms with Gasteiger partial charge in [-0.1, -0.05) is 11.6 Å². The Balaban J connectivity index is 1.64. The topological polar surface area (TPSA) is 104 Å². The number of rotatable bonds is 6. The fraction of sp³-hybridized carbons (Fsp3) is 0.333. The van der Waals surface area contributed by atoms with E-state index in [2.05, 4.69) is 0 Å². The van der Waals surface area contributed by atoms with Gasteiger partial charge < -0.3 is 14.7 Å². The van der Waals surface area contributed by atoms with E-state index in [9.17, 15) is 18.0 Å². The molecule has 1 N–H and O–H groups in total. The number of ether oxygens (including phenoxy) is 1. The maximum absolute atomic E-state index is 13.0. The lowest BCUT2D eigenvalue weighted by Crippen LogP contribution is -2.56. The van der Waals surface area contributed by atoms with E-state index in [1.54, 1.807) is 43.0 Å². The minimum Gasteiger partial charge on any atom is -0.478 e. The lowest BCUT2D eigenvalue weighted by Gasteiger charge is -2.38. The van der Waals surface area contributed by atoms with Gasteiger partial charge in [0.25, 0.3) is 5.91 Å². The molecule has 2 aromatic rings. The first-order valence-corrected chi connectivity index (χ1v) is 11.4. The van der Waals surface area contributed by atoms with E-state index in [-0.39, 0.29) is 42.5 Å². The van der Waals surface area contributed by atoms with Crippen molar-refractivity contribution in [2.45, 2.75) is 24.3 Å². The van der Waals surface area contributed by atoms with Crippen LogP contribution in [0.4, 0.5) is 0 Å². The molecule has 1 fully saturated rings. The number of carbonyl (C=O) groups is 2. The average Bonchev–Trinajstić information content (AvgIpc) is 2.75. The zero-order valence-electron chi connectivity index (χ0n) is 17.1. The van der Waals surface area contributed by atoms with Crippen molar-refractivity contribution in [1.29, 1.82) is 0 Å². The average molecular weight is 467 g/mol. The highest BCUT2D eigenvalue weighted by molar-refractivity contribution is 7.89. The highest BCUT2D eigenvalue weighted by atomic mass is 35.5. The van der Waals surface area contributed by atoms with E-state index in [1.807, 2.05) is 0 Å². The summed E-state index contributed by atoms with van der Waals surface area (Å²) in [5, 5.41) is 9.53. The number of aromatic carboxylic acids is 1. The molecule has 166 valence electrons. The summed E-state index contributed by atoms with van der Waals surface area (Å²) in [7, 11) is -3.78. The molecule has 1 aliphatic rings. The van der Waals surface area contributed by atoms with Gasteiger partial charge in [-0.05, 0) is 62.4 Å². The summed E-state index contributed by atoms with van der Waals surface area (Å²) in [5.41, 5.74) is -1.13. The highest BCUT2D eigenvalue weighted by Crippen LogP contribution is 2.24. The quantitative estimate of drug-likeness (QED) is 0.702. The Hall–Kier alpha value is -2.62. The summed E-state index contributed by atoms with van der Waals surface area (Å²) in [6.07, 6.45) is 0. The molecule has 31 heavy (non-hydrogen) atoms. The zero-order valence-corrected chi connectivity index (χ0v) is 18.7. The number of carboxylic acid groups (broad SMARTS) is 1. The third kappa shape index (κ3) is 5.17. The van der Waals surface area contributed by atoms with E-state index < -0.39 is 21.6 Å². The molecule has 1 saturated heterocycles. The number of hydrogen-bond donors (Lipinski definition) is 1. The number of carboxylic acids is 1. The fourth-order valence-electron chi connectivity index (χ4n) is 3.27. The Morgan fingerprint density at radius 3 is 2.03 bits per heavy atom. The summed E-state index contributed by atoms with van der Waals surface area (Å²) < 4.78 is 32.8. The van der Waals surface area contributed by atoms with Crippen LogP contribution in [0.2, 0.25) is 5.02 Å². The number of sulfonamides is 1. The van der Waals surface area contributed by atoms with Crippen molar-refractivity contribution >= 4 is 33.5 Å². The normalized spacial score (nSPS) is 15.5. The van der Waals surface area contributed by atoms with E-state index in [4.69, 9.17) is 21.4 Å². The first-order chi connectivity index (χ1) is 14.5. The third-order valence-electron chi connectivity index (χ3n) is 4.97. The van der Waals surface area contributed by atoms with Crippen LogP contribution in [0.15, 0.2) is 53.4 Å². The molecule has 1 amide bonds. The molecular weight excluding hydrogens is 444 g/mol. The van der Waals surface area contributed by atoms with Crippen molar-refractivity contribution in [1.82, 2.24) is 9.21 Å². The minimum absolute atomic E-state index is 0.0114. The molecule has 1 aliphatic heterocycles. The Labute approximate surface area is 186 Å². The predicted molar refractivity (Wildman–Crippen MR) is 115 cm³/mol. The van der Waals surface area contributed by atoms with E-state index >= 15 is 0 Å². The number of carbonyl (C=O) groups excluding carboxylic acids is 1. The Bertz CT molecular complexity index is 1060. The fourth-order valence-corrected chi connectivity index (χ4v) is 4.82. The van der Waals surface area contributed by atoms with Crippen LogP contribution in [0.5, 0.6) is 5.75 Å². The van der Waals surface area contributed by atoms with Crippen molar-refractivity contribution in [3.05, 3.63) is 59.1 Å². The SMILES string of the molecule is CC(C)(Oc1ccc(Cl)cc1)C(=O)N1CCN(S(=O)(=O)c2ccc(C(=O)O)cc2)CC1. The minimum atomic E-state index is -3.78. The second-order valence-electron chi connectivity index (χ2n) is 7.59. The molecule has 0 bridgehead atoms. The molecule has 0 aromatic heterocycles. The van der Waals surface area contributed by atoms with Crippen LogP contribution in [-0.4, -0.2) is 66.4 Å². The van der Waals surface area contributed by atoms with Gasteiger partial charge >= 0.3 is 5.97 Å². The number of halogens is 1. The lowest BCUT2D eigenvalue weighted by atomic mass is 10.1. The van der Waals surface area contributed by atoms with Crippen LogP contribution in [0.25, 0.3) is 0 Å². The molecule has 0 aliphatic carbocycles. The molecule has 0 atom stereocenters. The van der Waals surface area contributed by atoms with Crippen LogP contribution in [0.1, 0.15) is 24.2 Å². The Morgan fingerprint density at radius 2 is 1.52 bits per heavy atom. The molecular formula is C21H23ClN2O6S. The monoisotopic (exact) mass is 466 g/mol. The molecule has 0 unspecified atom stereocenters. The second-order valence-corrected chi connectivity index (χ2v) is 9.97. The van der Waals surface area contributed by atoms with Crippen LogP contribution in [-0.2, 0) is 14.8 Å². The molecule has 8 nitrogen and oxygen atoms in total. The van der Waals surface area contributed by atoms with E-state index in [0.29, 0.717) is 10.8 Å². The molecule has 1 heterocycles. The molecule has 3 rings (SSSR count). The van der Waals surface area contributed by atoms with Crippen LogP contribution < -0.4 is 4.74 Å². The maximum atomic E-state index is 13.0. The van der Waals surface area contributed by atoms with E-state index in [1.165, 1.54) is 28.6 Å². The summed E-state index contributed by atoms with van der Waals surface area (Å²) in [6.45, 7) is 4.03. The molecule has 2 aromatic carbocycles. The van der Waals surface area contributed by atoms with Gasteiger partial charge in [-0.3, -0.25) is 4.79 Å². The van der Waals surface area contributed by atoms with Gasteiger partial charge in [-0.2, -0.15) is 4.31 Å². The van der Waals surface area contributed by atoms with Gasteiger partial charge in [0.2, 0.25) is 10.0 Å². The molecule has 0 spiro atoms. The number of piperazine rings is 1. The van der Waals surface area contributed by atoms with Crippen molar-refractivity contribution < 1.29 is 27.9 Å². The van der Waals surface area contributed by atoms with Crippen LogP contribution >= 0.6 is 11.6 Å². The van der Waals surface area contributed by atoms with Crippen molar-refractivity contribution in [3.63, 3.8) is 0 Å². The summed E-state index contributed by atoms with van der Waals surface area (Å²) in [4.78, 5) is 25.5. The van der Waals surface area contributed by atoms with E-state index in [0.717, 1.165) is 0 Å². The van der Waals surface area contributed by atoms with Gasteiger partial charge in [-0.25, -0.2) is 13.2 Å². The molecule has 0 saturated carbocycles. The highest BCUT2D eigenvalue weighted by Gasteiger charge is 2.37. The smallest absolute Gasteiger partial charge is 0.335 e. The zero-order chi connectivity index (χ0) is 22.8. The summed E-state index contributed by atoms with van der Waals surface area (Å²) in [5.74, 6) is -0.862. The summed E-state index contributed by atoms with van der Waals surface area (Å²) >= 11 is 5.87. The number of nitrogens with zero attached hydrogens (tertiary/aromatic N) is 2. The van der Waals surface area contributed by atoms with Crippen LogP contribution in [0, 0.1) is 0 Å². The Morgan fingerprint density at radius 1 is 0.968 bits per heavy atom. The standard InChI is InChI=1S/C21H23ClN2O6S/c1-21(2,30-17-7-5-16(22)6-8-17)20(27)23-11-13-24(14-12-23)31(28,29)18-9-3-15(4-10-18)19(25)26/h3-10H,11-14H2,1-2H3,(H,25,26). The first-order valence-electron chi connectivity index (χ1n) is 9.58. The predicted octanol–water partition coefficient (Wildman–Crippen LogP) is 2.73. The number of hydrogen-bond acceptors (Lipinski definition) is 5. The Kier molecular flexibility index (Phi) is 6.59. The number of benzene rings is 2. The maximum Gasteiger partial charge on any atom is 0.335 e. The van der Waals surface area contributed by atoms with Crippen LogP contribution in [0.3, 0.4) is 0 Å². The van der Waals surface area contributed by atoms with Gasteiger partial charge in [0, 0.05) is 31.2 Å². The molecule has 0 radical (unpaired) electrons. The number of amides is 1. The van der Waals surface area contributed by atoms with Gasteiger partial charge in [-0.15, -0.1) is 0 Å². The second kappa shape index (κ2) is 8.86. The van der Waals surface area contributed by atoms with Gasteiger partial charge in [0.15, 0.2) is 5.60 Å². The van der Waals surface area contributed by atoms with Crippen molar-refractivity contribution in [2.75, 3.05) is 26.2 Å². The third-order valence-corrected chi connectivity index (χ3v) is 7.13.